The molecule has 2 aromatic rings. The summed E-state index contributed by atoms with van der Waals surface area (Å²) >= 11 is 3.31. The smallest absolute Gasteiger partial charge is 0.232 e. The van der Waals surface area contributed by atoms with Gasteiger partial charge in [0.15, 0.2) is 0 Å². The van der Waals surface area contributed by atoms with Crippen LogP contribution in [0.15, 0.2) is 24.3 Å². The second-order valence-electron chi connectivity index (χ2n) is 3.87. The zero-order chi connectivity index (χ0) is 13.0. The summed E-state index contributed by atoms with van der Waals surface area (Å²) in [6.07, 6.45) is 1.37. The lowest BCUT2D eigenvalue weighted by Gasteiger charge is -2.05. The molecule has 4 nitrogen and oxygen atoms in total. The van der Waals surface area contributed by atoms with Gasteiger partial charge in [-0.05, 0) is 18.6 Å². The van der Waals surface area contributed by atoms with Crippen molar-refractivity contribution < 1.29 is 4.79 Å². The number of nitrogens with zero attached hydrogens (tertiary/aromatic N) is 3. The first-order valence-electron chi connectivity index (χ1n) is 5.70. The molecule has 18 heavy (non-hydrogen) atoms. The van der Waals surface area contributed by atoms with Crippen LogP contribution in [0.2, 0.25) is 0 Å². The summed E-state index contributed by atoms with van der Waals surface area (Å²) in [7, 11) is 0. The number of benzene rings is 1. The van der Waals surface area contributed by atoms with Crippen molar-refractivity contribution in [3.05, 3.63) is 30.1 Å². The van der Waals surface area contributed by atoms with Crippen LogP contribution in [-0.2, 0) is 6.42 Å². The highest BCUT2D eigenvalue weighted by Crippen LogP contribution is 2.17. The lowest BCUT2D eigenvalue weighted by atomic mass is 10.3. The molecule has 5 heteroatoms. The minimum Gasteiger partial charge on any atom is -0.274 e. The van der Waals surface area contributed by atoms with E-state index in [1.165, 1.54) is 0 Å². The summed E-state index contributed by atoms with van der Waals surface area (Å²) in [5.41, 5.74) is 1.54. The van der Waals surface area contributed by atoms with Crippen molar-refractivity contribution >= 4 is 32.9 Å². The normalized spacial score (nSPS) is 10.4. The number of carbonyl (C=O) groups is 1. The summed E-state index contributed by atoms with van der Waals surface area (Å²) in [5, 5.41) is 9.60. The van der Waals surface area contributed by atoms with Crippen molar-refractivity contribution in [3.8, 4) is 6.07 Å². The fourth-order valence-corrected chi connectivity index (χ4v) is 2.15. The van der Waals surface area contributed by atoms with Gasteiger partial charge in [0, 0.05) is 11.8 Å². The average molecular weight is 306 g/mol. The Hall–Kier alpha value is -1.67. The predicted molar refractivity (Wildman–Crippen MR) is 72.7 cm³/mol. The molecule has 0 saturated heterocycles. The highest BCUT2D eigenvalue weighted by Gasteiger charge is 2.15. The Morgan fingerprint density at radius 3 is 2.94 bits per heavy atom. The van der Waals surface area contributed by atoms with Gasteiger partial charge in [0.2, 0.25) is 5.91 Å². The van der Waals surface area contributed by atoms with E-state index in [0.29, 0.717) is 12.2 Å². The van der Waals surface area contributed by atoms with E-state index in [0.717, 1.165) is 22.8 Å². The van der Waals surface area contributed by atoms with Crippen LogP contribution >= 0.6 is 15.9 Å². The van der Waals surface area contributed by atoms with Crippen molar-refractivity contribution in [1.82, 2.24) is 9.55 Å². The van der Waals surface area contributed by atoms with Crippen molar-refractivity contribution in [2.75, 3.05) is 5.33 Å². The Labute approximate surface area is 113 Å². The molecule has 0 spiro atoms. The number of fused-ring (bicyclic) bond motifs is 1. The molecule has 0 aliphatic carbocycles. The maximum Gasteiger partial charge on any atom is 0.232 e. The number of para-hydroxylation sites is 2. The molecular weight excluding hydrogens is 294 g/mol. The highest BCUT2D eigenvalue weighted by molar-refractivity contribution is 9.09. The first-order valence-corrected chi connectivity index (χ1v) is 6.82. The lowest BCUT2D eigenvalue weighted by Crippen LogP contribution is -2.13. The van der Waals surface area contributed by atoms with Crippen molar-refractivity contribution in [2.24, 2.45) is 0 Å². The van der Waals surface area contributed by atoms with E-state index in [-0.39, 0.29) is 12.3 Å². The molecule has 0 saturated carbocycles. The molecule has 0 atom stereocenters. The van der Waals surface area contributed by atoms with Crippen LogP contribution in [-0.4, -0.2) is 20.8 Å². The number of nitriles is 1. The van der Waals surface area contributed by atoms with Gasteiger partial charge in [0.25, 0.3) is 0 Å². The molecule has 92 valence electrons. The highest BCUT2D eigenvalue weighted by atomic mass is 79.9. The number of hydrogen-bond acceptors (Lipinski definition) is 3. The standard InChI is InChI=1S/C13H12BrN3O/c14-8-3-6-13(18)17-11-5-2-1-4-10(11)16-12(17)7-9-15/h1-2,4-5H,3,6-8H2. The van der Waals surface area contributed by atoms with E-state index in [4.69, 9.17) is 5.26 Å². The van der Waals surface area contributed by atoms with Crippen molar-refractivity contribution in [3.63, 3.8) is 0 Å². The van der Waals surface area contributed by atoms with E-state index in [1.54, 1.807) is 4.57 Å². The van der Waals surface area contributed by atoms with Crippen LogP contribution in [0.1, 0.15) is 23.5 Å². The van der Waals surface area contributed by atoms with E-state index in [2.05, 4.69) is 27.0 Å². The Bertz CT molecular complexity index is 612. The third kappa shape index (κ3) is 2.44. The van der Waals surface area contributed by atoms with Crippen LogP contribution in [0.5, 0.6) is 0 Å². The van der Waals surface area contributed by atoms with Crippen molar-refractivity contribution in [1.29, 1.82) is 5.26 Å². The van der Waals surface area contributed by atoms with E-state index in [9.17, 15) is 4.79 Å². The maximum absolute atomic E-state index is 12.2. The molecule has 1 aromatic carbocycles. The van der Waals surface area contributed by atoms with Crippen LogP contribution in [0.4, 0.5) is 0 Å². The minimum atomic E-state index is -0.00611. The molecule has 0 radical (unpaired) electrons. The molecule has 1 aromatic heterocycles. The third-order valence-corrected chi connectivity index (χ3v) is 3.20. The minimum absolute atomic E-state index is 0.00611. The van der Waals surface area contributed by atoms with Crippen LogP contribution in [0, 0.1) is 11.3 Å². The second-order valence-corrected chi connectivity index (χ2v) is 4.67. The molecule has 0 bridgehead atoms. The van der Waals surface area contributed by atoms with Gasteiger partial charge < -0.3 is 0 Å². The summed E-state index contributed by atoms with van der Waals surface area (Å²) in [6.45, 7) is 0. The number of imidazole rings is 1. The third-order valence-electron chi connectivity index (χ3n) is 2.64. The van der Waals surface area contributed by atoms with E-state index in [1.807, 2.05) is 24.3 Å². The van der Waals surface area contributed by atoms with E-state index >= 15 is 0 Å². The lowest BCUT2D eigenvalue weighted by molar-refractivity contribution is 0.0904. The zero-order valence-electron chi connectivity index (χ0n) is 9.77. The number of rotatable bonds is 4. The molecule has 0 amide bonds. The van der Waals surface area contributed by atoms with Crippen LogP contribution in [0.25, 0.3) is 11.0 Å². The predicted octanol–water partition coefficient (Wildman–Crippen LogP) is 2.92. The van der Waals surface area contributed by atoms with Gasteiger partial charge >= 0.3 is 0 Å². The number of alkyl halides is 1. The monoisotopic (exact) mass is 305 g/mol. The SMILES string of the molecule is N#CCc1nc2ccccc2n1C(=O)CCCBr. The molecule has 0 aliphatic heterocycles. The number of hydrogen-bond donors (Lipinski definition) is 0. The zero-order valence-corrected chi connectivity index (χ0v) is 11.4. The van der Waals surface area contributed by atoms with Crippen LogP contribution < -0.4 is 0 Å². The summed E-state index contributed by atoms with van der Waals surface area (Å²) in [4.78, 5) is 16.5. The molecule has 0 fully saturated rings. The van der Waals surface area contributed by atoms with Crippen LogP contribution in [0.3, 0.4) is 0 Å². The van der Waals surface area contributed by atoms with Gasteiger partial charge in [-0.3, -0.25) is 9.36 Å². The van der Waals surface area contributed by atoms with Crippen molar-refractivity contribution in [2.45, 2.75) is 19.3 Å². The maximum atomic E-state index is 12.2. The van der Waals surface area contributed by atoms with Gasteiger partial charge in [-0.15, -0.1) is 0 Å². The Morgan fingerprint density at radius 1 is 1.44 bits per heavy atom. The van der Waals surface area contributed by atoms with Gasteiger partial charge in [-0.2, -0.15) is 5.26 Å². The summed E-state index contributed by atoms with van der Waals surface area (Å²) in [6, 6.07) is 9.50. The quantitative estimate of drug-likeness (QED) is 0.816. The largest absolute Gasteiger partial charge is 0.274 e. The van der Waals surface area contributed by atoms with Gasteiger partial charge in [0.05, 0.1) is 23.5 Å². The summed E-state index contributed by atoms with van der Waals surface area (Å²) in [5.74, 6) is 0.520. The van der Waals surface area contributed by atoms with Gasteiger partial charge in [0.1, 0.15) is 5.82 Å². The van der Waals surface area contributed by atoms with Gasteiger partial charge in [-0.1, -0.05) is 28.1 Å². The number of aromatic nitrogens is 2. The molecule has 0 N–H and O–H groups in total. The Morgan fingerprint density at radius 2 is 2.22 bits per heavy atom. The average Bonchev–Trinajstić information content (AvgIpc) is 2.74. The van der Waals surface area contributed by atoms with E-state index < -0.39 is 0 Å². The Kier molecular flexibility index (Phi) is 4.11. The Balaban J connectivity index is 2.48. The number of halogens is 1. The molecule has 1 heterocycles. The fraction of sp³-hybridized carbons (Fsp3) is 0.308. The summed E-state index contributed by atoms with van der Waals surface area (Å²) < 4.78 is 1.57. The molecular formula is C13H12BrN3O. The molecule has 2 rings (SSSR count). The topological polar surface area (TPSA) is 58.7 Å². The first-order chi connectivity index (χ1) is 8.77. The molecule has 0 unspecified atom stereocenters. The van der Waals surface area contributed by atoms with Gasteiger partial charge in [-0.25, -0.2) is 4.98 Å². The fourth-order valence-electron chi connectivity index (χ4n) is 1.87. The first kappa shape index (κ1) is 12.8. The second kappa shape index (κ2) is 5.78. The number of carbonyl (C=O) groups excluding carboxylic acids is 1. The molecule has 0 aliphatic rings.